The van der Waals surface area contributed by atoms with E-state index < -0.39 is 0 Å². The lowest BCUT2D eigenvalue weighted by molar-refractivity contribution is 0.667. The maximum atomic E-state index is 4.48. The van der Waals surface area contributed by atoms with Crippen LogP contribution in [-0.2, 0) is 6.42 Å². The van der Waals surface area contributed by atoms with Crippen molar-refractivity contribution in [2.24, 2.45) is 0 Å². The van der Waals surface area contributed by atoms with Crippen molar-refractivity contribution in [2.45, 2.75) is 25.8 Å². The molecule has 0 aliphatic heterocycles. The average molecular weight is 319 g/mol. The molecule has 0 aliphatic rings. The first-order valence-corrected chi connectivity index (χ1v) is 7.42. The number of nitrogens with one attached hydrogen (secondary N) is 1. The van der Waals surface area contributed by atoms with Gasteiger partial charge >= 0.3 is 0 Å². The van der Waals surface area contributed by atoms with Gasteiger partial charge in [-0.3, -0.25) is 4.98 Å². The van der Waals surface area contributed by atoms with Gasteiger partial charge in [-0.05, 0) is 52.7 Å². The fraction of sp³-hybridized carbons (Fsp3) is 0.312. The van der Waals surface area contributed by atoms with E-state index in [1.165, 1.54) is 17.5 Å². The highest BCUT2D eigenvalue weighted by atomic mass is 79.9. The normalized spacial score (nSPS) is 12.4. The Morgan fingerprint density at radius 2 is 1.95 bits per heavy atom. The molecule has 0 bridgehead atoms. The predicted molar refractivity (Wildman–Crippen MR) is 83.3 cm³/mol. The number of aromatic nitrogens is 1. The summed E-state index contributed by atoms with van der Waals surface area (Å²) in [6.45, 7) is 2.20. The van der Waals surface area contributed by atoms with Crippen LogP contribution in [0.3, 0.4) is 0 Å². The summed E-state index contributed by atoms with van der Waals surface area (Å²) in [6, 6.07) is 12.9. The Labute approximate surface area is 123 Å². The second-order valence-electron chi connectivity index (χ2n) is 4.58. The molecule has 100 valence electrons. The van der Waals surface area contributed by atoms with Crippen molar-refractivity contribution < 1.29 is 0 Å². The highest BCUT2D eigenvalue weighted by Crippen LogP contribution is 2.26. The number of benzene rings is 1. The van der Waals surface area contributed by atoms with E-state index in [-0.39, 0.29) is 6.04 Å². The molecule has 0 saturated carbocycles. The molecule has 0 fully saturated rings. The van der Waals surface area contributed by atoms with Crippen LogP contribution in [0.25, 0.3) is 0 Å². The van der Waals surface area contributed by atoms with Crippen LogP contribution in [0.4, 0.5) is 0 Å². The van der Waals surface area contributed by atoms with Crippen molar-refractivity contribution in [3.05, 3.63) is 63.9 Å². The molecule has 1 atom stereocenters. The minimum Gasteiger partial charge on any atom is -0.308 e. The van der Waals surface area contributed by atoms with E-state index in [2.05, 4.69) is 57.4 Å². The Morgan fingerprint density at radius 3 is 2.53 bits per heavy atom. The van der Waals surface area contributed by atoms with Crippen molar-refractivity contribution in [3.8, 4) is 0 Å². The number of hydrogen-bond donors (Lipinski definition) is 1. The number of aryl methyl sites for hydroxylation is 1. The molecule has 1 aromatic heterocycles. The summed E-state index contributed by atoms with van der Waals surface area (Å²) in [5.41, 5.74) is 3.65. The monoisotopic (exact) mass is 318 g/mol. The van der Waals surface area contributed by atoms with Crippen molar-refractivity contribution in [3.63, 3.8) is 0 Å². The molecule has 1 N–H and O–H groups in total. The Balaban J connectivity index is 2.29. The number of nitrogens with zero attached hydrogens (tertiary/aromatic N) is 1. The summed E-state index contributed by atoms with van der Waals surface area (Å²) >= 11 is 3.57. The minimum atomic E-state index is 0.117. The lowest BCUT2D eigenvalue weighted by Gasteiger charge is -2.17. The zero-order valence-corrected chi connectivity index (χ0v) is 12.9. The smallest absolute Gasteiger partial charge is 0.0760 e. The standard InChI is InChI=1S/C16H19BrN2/c1-3-5-12-7-9-13(10-8-12)15(18-2)16-14(17)6-4-11-19-16/h4,6-11,15,18H,3,5H2,1-2H3. The van der Waals surface area contributed by atoms with Crippen LogP contribution >= 0.6 is 15.9 Å². The van der Waals surface area contributed by atoms with Crippen LogP contribution in [0, 0.1) is 0 Å². The van der Waals surface area contributed by atoms with Gasteiger partial charge < -0.3 is 5.32 Å². The molecule has 0 radical (unpaired) electrons. The first-order chi connectivity index (χ1) is 9.26. The number of pyridine rings is 1. The van der Waals surface area contributed by atoms with Crippen LogP contribution in [0.5, 0.6) is 0 Å². The maximum absolute atomic E-state index is 4.48. The van der Waals surface area contributed by atoms with Gasteiger partial charge in [-0.25, -0.2) is 0 Å². The van der Waals surface area contributed by atoms with Crippen LogP contribution in [0.2, 0.25) is 0 Å². The van der Waals surface area contributed by atoms with Gasteiger partial charge in [0.05, 0.1) is 11.7 Å². The van der Waals surface area contributed by atoms with Gasteiger partial charge in [0.2, 0.25) is 0 Å². The first-order valence-electron chi connectivity index (χ1n) is 6.62. The van der Waals surface area contributed by atoms with Crippen LogP contribution in [-0.4, -0.2) is 12.0 Å². The minimum absolute atomic E-state index is 0.117. The summed E-state index contributed by atoms with van der Waals surface area (Å²) in [7, 11) is 1.96. The molecule has 2 aromatic rings. The lowest BCUT2D eigenvalue weighted by Crippen LogP contribution is -2.19. The summed E-state index contributed by atoms with van der Waals surface area (Å²) in [5.74, 6) is 0. The Morgan fingerprint density at radius 1 is 1.21 bits per heavy atom. The van der Waals surface area contributed by atoms with Gasteiger partial charge in [-0.15, -0.1) is 0 Å². The molecule has 2 rings (SSSR count). The third-order valence-corrected chi connectivity index (χ3v) is 3.87. The molecule has 1 aromatic carbocycles. The van der Waals surface area contributed by atoms with E-state index in [0.717, 1.165) is 16.6 Å². The van der Waals surface area contributed by atoms with Gasteiger partial charge in [-0.1, -0.05) is 37.6 Å². The highest BCUT2D eigenvalue weighted by molar-refractivity contribution is 9.10. The maximum Gasteiger partial charge on any atom is 0.0760 e. The van der Waals surface area contributed by atoms with E-state index >= 15 is 0 Å². The molecule has 2 nitrogen and oxygen atoms in total. The topological polar surface area (TPSA) is 24.9 Å². The zero-order valence-electron chi connectivity index (χ0n) is 11.4. The summed E-state index contributed by atoms with van der Waals surface area (Å²) in [5, 5.41) is 3.33. The predicted octanol–water partition coefficient (Wildman–Crippen LogP) is 4.11. The Kier molecular flexibility index (Phi) is 5.11. The summed E-state index contributed by atoms with van der Waals surface area (Å²) in [4.78, 5) is 4.48. The van der Waals surface area contributed by atoms with Crippen LogP contribution in [0.1, 0.15) is 36.2 Å². The van der Waals surface area contributed by atoms with E-state index in [4.69, 9.17) is 0 Å². The van der Waals surface area contributed by atoms with Crippen LogP contribution in [0.15, 0.2) is 47.1 Å². The number of halogens is 1. The number of rotatable bonds is 5. The Bertz CT molecular complexity index is 523. The van der Waals surface area contributed by atoms with Gasteiger partial charge in [0.15, 0.2) is 0 Å². The second-order valence-corrected chi connectivity index (χ2v) is 5.44. The summed E-state index contributed by atoms with van der Waals surface area (Å²) < 4.78 is 1.03. The van der Waals surface area contributed by atoms with Gasteiger partial charge in [-0.2, -0.15) is 0 Å². The first kappa shape index (κ1) is 14.2. The fourth-order valence-electron chi connectivity index (χ4n) is 2.24. The molecule has 0 aliphatic carbocycles. The van der Waals surface area contributed by atoms with E-state index in [9.17, 15) is 0 Å². The van der Waals surface area contributed by atoms with Crippen molar-refractivity contribution in [1.82, 2.24) is 10.3 Å². The van der Waals surface area contributed by atoms with Crippen molar-refractivity contribution in [1.29, 1.82) is 0 Å². The molecule has 3 heteroatoms. The van der Waals surface area contributed by atoms with Crippen molar-refractivity contribution in [2.75, 3.05) is 7.05 Å². The zero-order chi connectivity index (χ0) is 13.7. The Hall–Kier alpha value is -1.19. The van der Waals surface area contributed by atoms with E-state index in [1.807, 2.05) is 25.4 Å². The number of hydrogen-bond acceptors (Lipinski definition) is 2. The molecule has 0 amide bonds. The fourth-order valence-corrected chi connectivity index (χ4v) is 2.72. The molecule has 0 saturated heterocycles. The average Bonchev–Trinajstić information content (AvgIpc) is 2.44. The molecule has 1 unspecified atom stereocenters. The quantitative estimate of drug-likeness (QED) is 0.897. The highest BCUT2D eigenvalue weighted by Gasteiger charge is 2.15. The largest absolute Gasteiger partial charge is 0.308 e. The molecule has 19 heavy (non-hydrogen) atoms. The molecule has 1 heterocycles. The molecular weight excluding hydrogens is 300 g/mol. The third kappa shape index (κ3) is 3.43. The molecule has 0 spiro atoms. The van der Waals surface area contributed by atoms with Crippen molar-refractivity contribution >= 4 is 15.9 Å². The van der Waals surface area contributed by atoms with Gasteiger partial charge in [0.25, 0.3) is 0 Å². The van der Waals surface area contributed by atoms with Gasteiger partial charge in [0.1, 0.15) is 0 Å². The SMILES string of the molecule is CCCc1ccc(C(NC)c2ncccc2Br)cc1. The third-order valence-electron chi connectivity index (χ3n) is 3.20. The van der Waals surface area contributed by atoms with Gasteiger partial charge in [0, 0.05) is 10.7 Å². The lowest BCUT2D eigenvalue weighted by atomic mass is 10.0. The second kappa shape index (κ2) is 6.83. The molecular formula is C16H19BrN2. The van der Waals surface area contributed by atoms with E-state index in [1.54, 1.807) is 0 Å². The summed E-state index contributed by atoms with van der Waals surface area (Å²) in [6.07, 6.45) is 4.15. The van der Waals surface area contributed by atoms with E-state index in [0.29, 0.717) is 0 Å². The van der Waals surface area contributed by atoms with Crippen LogP contribution < -0.4 is 5.32 Å².